The Bertz CT molecular complexity index is 248. The number of nitrogens with zero attached hydrogens (tertiary/aromatic N) is 3. The van der Waals surface area contributed by atoms with Gasteiger partial charge in [0.15, 0.2) is 0 Å². The molecule has 0 radical (unpaired) electrons. The van der Waals surface area contributed by atoms with Gasteiger partial charge in [0, 0.05) is 13.7 Å². The normalized spacial score (nSPS) is 13.2. The van der Waals surface area contributed by atoms with Crippen molar-refractivity contribution in [1.82, 2.24) is 15.0 Å². The summed E-state index contributed by atoms with van der Waals surface area (Å²) in [5.41, 5.74) is 6.75. The first-order chi connectivity index (χ1) is 6.25. The van der Waals surface area contributed by atoms with Crippen LogP contribution in [0.15, 0.2) is 6.20 Å². The third kappa shape index (κ3) is 2.78. The second-order valence-corrected chi connectivity index (χ2v) is 2.96. The van der Waals surface area contributed by atoms with E-state index < -0.39 is 0 Å². The lowest BCUT2D eigenvalue weighted by Crippen LogP contribution is -2.20. The van der Waals surface area contributed by atoms with Crippen molar-refractivity contribution < 1.29 is 4.74 Å². The van der Waals surface area contributed by atoms with Gasteiger partial charge in [0.05, 0.1) is 24.5 Å². The Morgan fingerprint density at radius 2 is 2.46 bits per heavy atom. The summed E-state index contributed by atoms with van der Waals surface area (Å²) in [6, 6.07) is -0.133. The number of rotatable bonds is 5. The molecule has 1 aromatic rings. The highest BCUT2D eigenvalue weighted by molar-refractivity contribution is 5.00. The van der Waals surface area contributed by atoms with E-state index in [4.69, 9.17) is 10.5 Å². The molecule has 1 aromatic heterocycles. The first-order valence-electron chi connectivity index (χ1n) is 4.43. The zero-order valence-electron chi connectivity index (χ0n) is 8.10. The van der Waals surface area contributed by atoms with E-state index in [1.54, 1.807) is 10.9 Å². The van der Waals surface area contributed by atoms with Crippen LogP contribution in [0.3, 0.4) is 0 Å². The molecule has 1 unspecified atom stereocenters. The summed E-state index contributed by atoms with van der Waals surface area (Å²) in [4.78, 5) is 0. The third-order valence-corrected chi connectivity index (χ3v) is 1.78. The Hall–Kier alpha value is -0.940. The van der Waals surface area contributed by atoms with Crippen LogP contribution in [0.5, 0.6) is 0 Å². The molecule has 5 heteroatoms. The van der Waals surface area contributed by atoms with Crippen molar-refractivity contribution in [2.75, 3.05) is 13.2 Å². The maximum Gasteiger partial charge on any atom is 0.0774 e. The molecular weight excluding hydrogens is 168 g/mol. The van der Waals surface area contributed by atoms with Gasteiger partial charge in [0.1, 0.15) is 0 Å². The van der Waals surface area contributed by atoms with Gasteiger partial charge < -0.3 is 10.5 Å². The van der Waals surface area contributed by atoms with E-state index in [9.17, 15) is 0 Å². The van der Waals surface area contributed by atoms with Crippen LogP contribution in [0.1, 0.15) is 25.1 Å². The number of ether oxygens (including phenoxy) is 1. The van der Waals surface area contributed by atoms with Gasteiger partial charge in [0.2, 0.25) is 0 Å². The summed E-state index contributed by atoms with van der Waals surface area (Å²) in [6.07, 6.45) is 2.68. The van der Waals surface area contributed by atoms with Crippen molar-refractivity contribution in [1.29, 1.82) is 0 Å². The molecule has 5 nitrogen and oxygen atoms in total. The summed E-state index contributed by atoms with van der Waals surface area (Å²) < 4.78 is 7.00. The Kier molecular flexibility index (Phi) is 3.85. The van der Waals surface area contributed by atoms with Gasteiger partial charge in [-0.05, 0) is 6.42 Å². The van der Waals surface area contributed by atoms with Crippen molar-refractivity contribution in [3.63, 3.8) is 0 Å². The quantitative estimate of drug-likeness (QED) is 0.666. The lowest BCUT2D eigenvalue weighted by Gasteiger charge is -2.10. The maximum atomic E-state index is 5.86. The lowest BCUT2D eigenvalue weighted by atomic mass is 10.2. The van der Waals surface area contributed by atoms with E-state index in [2.05, 4.69) is 17.2 Å². The number of nitrogens with two attached hydrogens (primary N) is 1. The van der Waals surface area contributed by atoms with E-state index in [1.165, 1.54) is 0 Å². The van der Waals surface area contributed by atoms with Gasteiger partial charge in [-0.15, -0.1) is 5.10 Å². The van der Waals surface area contributed by atoms with Crippen molar-refractivity contribution in [2.45, 2.75) is 19.4 Å². The number of hydrogen-bond donors (Lipinski definition) is 1. The third-order valence-electron chi connectivity index (χ3n) is 1.78. The predicted molar refractivity (Wildman–Crippen MR) is 49.0 cm³/mol. The number of hydrogen-bond acceptors (Lipinski definition) is 4. The molecule has 13 heavy (non-hydrogen) atoms. The van der Waals surface area contributed by atoms with Crippen LogP contribution in [0.4, 0.5) is 0 Å². The standard InChI is InChI=1S/C8H16N4O/c1-3-4-13-6-7(9)8-5-10-11-12(8)2/h5,7H,3-4,6,9H2,1-2H3. The molecule has 2 N–H and O–H groups in total. The average molecular weight is 184 g/mol. The Morgan fingerprint density at radius 3 is 3.00 bits per heavy atom. The van der Waals surface area contributed by atoms with Gasteiger partial charge in [-0.1, -0.05) is 12.1 Å². The molecule has 0 amide bonds. The maximum absolute atomic E-state index is 5.86. The Morgan fingerprint density at radius 1 is 1.69 bits per heavy atom. The first kappa shape index (κ1) is 10.1. The molecule has 1 heterocycles. The topological polar surface area (TPSA) is 66.0 Å². The van der Waals surface area contributed by atoms with Crippen molar-refractivity contribution >= 4 is 0 Å². The first-order valence-corrected chi connectivity index (χ1v) is 4.43. The zero-order chi connectivity index (χ0) is 9.68. The minimum Gasteiger partial charge on any atom is -0.379 e. The molecule has 0 saturated carbocycles. The Labute approximate surface area is 77.9 Å². The van der Waals surface area contributed by atoms with Crippen LogP contribution < -0.4 is 5.73 Å². The van der Waals surface area contributed by atoms with Crippen LogP contribution in [0.25, 0.3) is 0 Å². The van der Waals surface area contributed by atoms with Gasteiger partial charge >= 0.3 is 0 Å². The largest absolute Gasteiger partial charge is 0.379 e. The molecule has 0 bridgehead atoms. The molecule has 0 aliphatic carbocycles. The summed E-state index contributed by atoms with van der Waals surface area (Å²) in [5.74, 6) is 0. The molecule has 0 aliphatic heterocycles. The fourth-order valence-electron chi connectivity index (χ4n) is 1.07. The smallest absolute Gasteiger partial charge is 0.0774 e. The Balaban J connectivity index is 2.39. The molecule has 0 aliphatic rings. The molecule has 1 atom stereocenters. The fraction of sp³-hybridized carbons (Fsp3) is 0.750. The van der Waals surface area contributed by atoms with Crippen LogP contribution in [-0.2, 0) is 11.8 Å². The average Bonchev–Trinajstić information content (AvgIpc) is 2.52. The number of aryl methyl sites for hydroxylation is 1. The van der Waals surface area contributed by atoms with Crippen LogP contribution in [-0.4, -0.2) is 28.2 Å². The molecule has 0 fully saturated rings. The summed E-state index contributed by atoms with van der Waals surface area (Å²) in [6.45, 7) is 3.34. The summed E-state index contributed by atoms with van der Waals surface area (Å²) >= 11 is 0. The second-order valence-electron chi connectivity index (χ2n) is 2.96. The highest BCUT2D eigenvalue weighted by Crippen LogP contribution is 2.06. The van der Waals surface area contributed by atoms with Crippen LogP contribution >= 0.6 is 0 Å². The highest BCUT2D eigenvalue weighted by atomic mass is 16.5. The van der Waals surface area contributed by atoms with Crippen molar-refractivity contribution in [2.24, 2.45) is 12.8 Å². The van der Waals surface area contributed by atoms with E-state index in [0.29, 0.717) is 6.61 Å². The minimum atomic E-state index is -0.133. The second kappa shape index (κ2) is 4.94. The van der Waals surface area contributed by atoms with Crippen LogP contribution in [0.2, 0.25) is 0 Å². The molecule has 0 saturated heterocycles. The summed E-state index contributed by atoms with van der Waals surface area (Å²) in [7, 11) is 1.82. The monoisotopic (exact) mass is 184 g/mol. The molecule has 0 spiro atoms. The molecule has 0 aromatic carbocycles. The fourth-order valence-corrected chi connectivity index (χ4v) is 1.07. The number of aromatic nitrogens is 3. The van der Waals surface area contributed by atoms with Crippen molar-refractivity contribution in [3.05, 3.63) is 11.9 Å². The van der Waals surface area contributed by atoms with E-state index >= 15 is 0 Å². The minimum absolute atomic E-state index is 0.133. The molecule has 1 rings (SSSR count). The van der Waals surface area contributed by atoms with Gasteiger partial charge in [0.25, 0.3) is 0 Å². The van der Waals surface area contributed by atoms with Gasteiger partial charge in [-0.25, -0.2) is 0 Å². The predicted octanol–water partition coefficient (Wildman–Crippen LogP) is 0.241. The lowest BCUT2D eigenvalue weighted by molar-refractivity contribution is 0.120. The van der Waals surface area contributed by atoms with Gasteiger partial charge in [-0.3, -0.25) is 4.68 Å². The zero-order valence-corrected chi connectivity index (χ0v) is 8.10. The van der Waals surface area contributed by atoms with E-state index in [0.717, 1.165) is 18.7 Å². The van der Waals surface area contributed by atoms with Crippen molar-refractivity contribution in [3.8, 4) is 0 Å². The van der Waals surface area contributed by atoms with E-state index in [1.807, 2.05) is 7.05 Å². The van der Waals surface area contributed by atoms with Crippen LogP contribution in [0, 0.1) is 0 Å². The summed E-state index contributed by atoms with van der Waals surface area (Å²) in [5, 5.41) is 7.55. The van der Waals surface area contributed by atoms with E-state index in [-0.39, 0.29) is 6.04 Å². The molecule has 74 valence electrons. The highest BCUT2D eigenvalue weighted by Gasteiger charge is 2.10. The SMILES string of the molecule is CCCOCC(N)c1cnnn1C. The molecular formula is C8H16N4O. The van der Waals surface area contributed by atoms with Gasteiger partial charge in [-0.2, -0.15) is 0 Å².